The van der Waals surface area contributed by atoms with Crippen LogP contribution in [0.4, 0.5) is 0 Å². The number of aliphatic imine (C=N–C) groups is 1. The molecule has 1 saturated heterocycles. The summed E-state index contributed by atoms with van der Waals surface area (Å²) >= 11 is 0. The molecule has 4 bridgehead atoms. The van der Waals surface area contributed by atoms with Crippen LogP contribution in [0.5, 0.6) is 0 Å². The Hall–Kier alpha value is -1.94. The van der Waals surface area contributed by atoms with E-state index in [2.05, 4.69) is 60.1 Å². The van der Waals surface area contributed by atoms with Gasteiger partial charge in [-0.1, -0.05) is 49.8 Å². The Kier molecular flexibility index (Phi) is 4.93. The van der Waals surface area contributed by atoms with Crippen LogP contribution in [-0.4, -0.2) is 43.2 Å². The number of allylic oxidation sites excluding steroid dienone is 2. The van der Waals surface area contributed by atoms with E-state index in [9.17, 15) is 4.79 Å². The summed E-state index contributed by atoms with van der Waals surface area (Å²) in [7, 11) is 1.84. The maximum absolute atomic E-state index is 14.2. The third-order valence-corrected chi connectivity index (χ3v) is 9.02. The zero-order valence-electron chi connectivity index (χ0n) is 19.3. The van der Waals surface area contributed by atoms with Crippen molar-refractivity contribution in [3.63, 3.8) is 0 Å². The minimum Gasteiger partial charge on any atom is -0.342 e. The smallest absolute Gasteiger partial charge is 0.228 e. The van der Waals surface area contributed by atoms with Crippen LogP contribution in [0.1, 0.15) is 57.9 Å². The first-order valence-electron chi connectivity index (χ1n) is 12.0. The molecule has 2 unspecified atom stereocenters. The first-order valence-corrected chi connectivity index (χ1v) is 12.0. The van der Waals surface area contributed by atoms with Gasteiger partial charge in [0.15, 0.2) is 0 Å². The highest BCUT2D eigenvalue weighted by atomic mass is 16.2. The Balaban J connectivity index is 1.52. The van der Waals surface area contributed by atoms with E-state index in [4.69, 9.17) is 5.73 Å². The van der Waals surface area contributed by atoms with Crippen LogP contribution in [0.2, 0.25) is 0 Å². The van der Waals surface area contributed by atoms with Gasteiger partial charge in [0.1, 0.15) is 0 Å². The number of likely N-dealkylation sites (tertiary alicyclic amines) is 1. The molecule has 0 spiro atoms. The zero-order chi connectivity index (χ0) is 21.9. The van der Waals surface area contributed by atoms with Crippen LogP contribution < -0.4 is 5.73 Å². The first kappa shape index (κ1) is 20.9. The highest BCUT2D eigenvalue weighted by Gasteiger charge is 2.63. The quantitative estimate of drug-likeness (QED) is 0.741. The highest BCUT2D eigenvalue weighted by molar-refractivity contribution is 5.84. The third kappa shape index (κ3) is 3.29. The lowest BCUT2D eigenvalue weighted by molar-refractivity contribution is -0.159. The molecule has 4 saturated carbocycles. The van der Waals surface area contributed by atoms with Gasteiger partial charge in [0.2, 0.25) is 5.91 Å². The van der Waals surface area contributed by atoms with Gasteiger partial charge < -0.3 is 10.6 Å². The summed E-state index contributed by atoms with van der Waals surface area (Å²) in [6.45, 7) is 6.03. The van der Waals surface area contributed by atoms with Crippen molar-refractivity contribution < 1.29 is 4.79 Å². The van der Waals surface area contributed by atoms with Crippen LogP contribution in [0.25, 0.3) is 0 Å². The van der Waals surface area contributed by atoms with E-state index in [-0.39, 0.29) is 22.3 Å². The molecule has 3 atom stereocenters. The van der Waals surface area contributed by atoms with Crippen molar-refractivity contribution in [2.24, 2.45) is 33.4 Å². The van der Waals surface area contributed by atoms with Gasteiger partial charge >= 0.3 is 0 Å². The van der Waals surface area contributed by atoms with Gasteiger partial charge in [0.25, 0.3) is 0 Å². The summed E-state index contributed by atoms with van der Waals surface area (Å²) in [6, 6.07) is 11.2. The lowest BCUT2D eigenvalue weighted by Gasteiger charge is -2.63. The number of benzene rings is 1. The summed E-state index contributed by atoms with van der Waals surface area (Å²) in [5.41, 5.74) is 9.25. The highest BCUT2D eigenvalue weighted by Crippen LogP contribution is 2.67. The van der Waals surface area contributed by atoms with Crippen molar-refractivity contribution in [3.05, 3.63) is 47.5 Å². The van der Waals surface area contributed by atoms with Gasteiger partial charge in [-0.2, -0.15) is 0 Å². The summed E-state index contributed by atoms with van der Waals surface area (Å²) < 4.78 is 0. The molecular formula is C27H37N3O. The molecule has 5 aliphatic rings. The molecule has 1 heterocycles. The summed E-state index contributed by atoms with van der Waals surface area (Å²) in [5.74, 6) is 1.39. The minimum atomic E-state index is -0.222. The second-order valence-electron chi connectivity index (χ2n) is 11.5. The molecular weight excluding hydrogens is 382 g/mol. The van der Waals surface area contributed by atoms with E-state index >= 15 is 0 Å². The van der Waals surface area contributed by atoms with Crippen molar-refractivity contribution >= 4 is 12.1 Å². The lowest BCUT2D eigenvalue weighted by Crippen LogP contribution is -2.63. The SMILES string of the molecule is C/N=C\C=C1C2CC3(C(=O)N4CC[C@H](N)C(C)(C)C4)CC1CC(c1ccccc1)(C2)C3. The first-order chi connectivity index (χ1) is 14.8. The van der Waals surface area contributed by atoms with Gasteiger partial charge in [-0.15, -0.1) is 0 Å². The van der Waals surface area contributed by atoms with E-state index in [0.717, 1.165) is 38.8 Å². The molecule has 4 nitrogen and oxygen atoms in total. The topological polar surface area (TPSA) is 58.7 Å². The van der Waals surface area contributed by atoms with Crippen LogP contribution in [-0.2, 0) is 10.2 Å². The minimum absolute atomic E-state index is 0.0179. The van der Waals surface area contributed by atoms with Gasteiger partial charge in [0.05, 0.1) is 5.41 Å². The van der Waals surface area contributed by atoms with E-state index in [1.165, 1.54) is 18.4 Å². The van der Waals surface area contributed by atoms with Crippen molar-refractivity contribution in [1.82, 2.24) is 4.90 Å². The van der Waals surface area contributed by atoms with Crippen molar-refractivity contribution in [3.8, 4) is 0 Å². The number of amides is 1. The molecule has 4 aliphatic carbocycles. The van der Waals surface area contributed by atoms with E-state index in [1.807, 2.05) is 13.3 Å². The summed E-state index contributed by atoms with van der Waals surface area (Å²) in [6.07, 6.45) is 10.5. The molecule has 6 rings (SSSR count). The number of carbonyl (C=O) groups is 1. The fraction of sp³-hybridized carbons (Fsp3) is 0.630. The molecule has 0 aromatic heterocycles. The number of nitrogens with two attached hydrogens (primary N) is 1. The van der Waals surface area contributed by atoms with Crippen molar-refractivity contribution in [2.75, 3.05) is 20.1 Å². The summed E-state index contributed by atoms with van der Waals surface area (Å²) in [4.78, 5) is 20.6. The largest absolute Gasteiger partial charge is 0.342 e. The predicted octanol–water partition coefficient (Wildman–Crippen LogP) is 4.35. The Morgan fingerprint density at radius 3 is 2.42 bits per heavy atom. The van der Waals surface area contributed by atoms with Crippen LogP contribution in [0.3, 0.4) is 0 Å². The number of hydrogen-bond donors (Lipinski definition) is 1. The van der Waals surface area contributed by atoms with Crippen molar-refractivity contribution in [2.45, 2.75) is 63.8 Å². The number of hydrogen-bond acceptors (Lipinski definition) is 3. The Morgan fingerprint density at radius 2 is 1.81 bits per heavy atom. The number of nitrogens with zero attached hydrogens (tertiary/aromatic N) is 2. The molecule has 0 radical (unpaired) electrons. The van der Waals surface area contributed by atoms with Crippen molar-refractivity contribution in [1.29, 1.82) is 0 Å². The lowest BCUT2D eigenvalue weighted by atomic mass is 9.41. The van der Waals surface area contributed by atoms with Gasteiger partial charge in [-0.3, -0.25) is 9.79 Å². The second kappa shape index (κ2) is 7.30. The molecule has 1 aromatic carbocycles. The zero-order valence-corrected chi connectivity index (χ0v) is 19.3. The molecule has 2 N–H and O–H groups in total. The third-order valence-electron chi connectivity index (χ3n) is 9.02. The fourth-order valence-corrected chi connectivity index (χ4v) is 7.63. The average molecular weight is 420 g/mol. The molecule has 5 fully saturated rings. The molecule has 31 heavy (non-hydrogen) atoms. The maximum Gasteiger partial charge on any atom is 0.228 e. The van der Waals surface area contributed by atoms with E-state index in [1.54, 1.807) is 5.57 Å². The molecule has 166 valence electrons. The Labute approximate surface area is 187 Å². The van der Waals surface area contributed by atoms with E-state index < -0.39 is 0 Å². The normalized spacial score (nSPS) is 38.6. The van der Waals surface area contributed by atoms with Crippen LogP contribution in [0, 0.1) is 22.7 Å². The van der Waals surface area contributed by atoms with Gasteiger partial charge in [-0.05, 0) is 72.8 Å². The Bertz CT molecular complexity index is 898. The summed E-state index contributed by atoms with van der Waals surface area (Å²) in [5, 5.41) is 0. The number of piperidine rings is 1. The molecule has 4 heteroatoms. The maximum atomic E-state index is 14.2. The van der Waals surface area contributed by atoms with Gasteiger partial charge in [0, 0.05) is 32.4 Å². The van der Waals surface area contributed by atoms with Crippen LogP contribution in [0.15, 0.2) is 47.0 Å². The van der Waals surface area contributed by atoms with E-state index in [0.29, 0.717) is 17.7 Å². The predicted molar refractivity (Wildman–Crippen MR) is 126 cm³/mol. The Morgan fingerprint density at radius 1 is 1.13 bits per heavy atom. The molecule has 1 amide bonds. The number of carbonyl (C=O) groups excluding carboxylic acids is 1. The molecule has 1 aromatic rings. The fourth-order valence-electron chi connectivity index (χ4n) is 7.63. The van der Waals surface area contributed by atoms with Crippen LogP contribution >= 0.6 is 0 Å². The second-order valence-corrected chi connectivity index (χ2v) is 11.5. The number of rotatable bonds is 3. The van der Waals surface area contributed by atoms with Gasteiger partial charge in [-0.25, -0.2) is 0 Å². The monoisotopic (exact) mass is 419 g/mol. The standard InChI is InChI=1S/C27H37N3O/c1-25(2)18-30(12-10-23(25)28)24(31)27-15-19-13-26(17-27,21-7-5-4-6-8-21)14-20(16-27)22(19)9-11-29-3/h4-9,11,19-20,23H,10,12-18,28H2,1-3H3/b22-9?,29-11-/t19?,20?,23-,26?,27?/m0/s1. The average Bonchev–Trinajstić information content (AvgIpc) is 2.75. The molecule has 1 aliphatic heterocycles.